The molecule has 0 bridgehead atoms. The Labute approximate surface area is 168 Å². The Bertz CT molecular complexity index is 859. The van der Waals surface area contributed by atoms with Crippen LogP contribution in [-0.2, 0) is 11.2 Å². The van der Waals surface area contributed by atoms with Crippen LogP contribution in [0.25, 0.3) is 5.70 Å². The first-order valence-corrected chi connectivity index (χ1v) is 10.8. The van der Waals surface area contributed by atoms with Gasteiger partial charge in [0.15, 0.2) is 0 Å². The maximum atomic E-state index is 5.24. The van der Waals surface area contributed by atoms with Crippen molar-refractivity contribution in [2.75, 3.05) is 51.3 Å². The average Bonchev–Trinajstić information content (AvgIpc) is 3.12. The van der Waals surface area contributed by atoms with Crippen molar-refractivity contribution in [1.82, 2.24) is 10.2 Å². The standard InChI is InChI=1S/C24H31N3O/c1-17-18-6-3-4-7-19(18)22-16-21-20(24(22)25-17)8-5-9-23(21)27-12-10-26(11-13-27)14-15-28-2/h5,8-9,25H,1,3-4,6-7,10-16H2,2H3. The van der Waals surface area contributed by atoms with Crippen molar-refractivity contribution in [1.29, 1.82) is 0 Å². The molecule has 0 aromatic heterocycles. The third-order valence-electron chi connectivity index (χ3n) is 6.87. The number of allylic oxidation sites excluding steroid dienone is 3. The number of anilines is 1. The number of hydrogen-bond acceptors (Lipinski definition) is 4. The van der Waals surface area contributed by atoms with Crippen molar-refractivity contribution in [3.63, 3.8) is 0 Å². The Morgan fingerprint density at radius 2 is 1.82 bits per heavy atom. The van der Waals surface area contributed by atoms with E-state index in [4.69, 9.17) is 4.74 Å². The first-order chi connectivity index (χ1) is 13.8. The second-order valence-corrected chi connectivity index (χ2v) is 8.42. The molecule has 0 saturated carbocycles. The summed E-state index contributed by atoms with van der Waals surface area (Å²) in [6.07, 6.45) is 6.09. The molecule has 28 heavy (non-hydrogen) atoms. The summed E-state index contributed by atoms with van der Waals surface area (Å²) in [6.45, 7) is 10.6. The highest BCUT2D eigenvalue weighted by molar-refractivity contribution is 5.86. The van der Waals surface area contributed by atoms with E-state index < -0.39 is 0 Å². The lowest BCUT2D eigenvalue weighted by molar-refractivity contribution is 0.144. The molecule has 1 aromatic carbocycles. The average molecular weight is 378 g/mol. The molecule has 4 nitrogen and oxygen atoms in total. The second kappa shape index (κ2) is 7.41. The Kier molecular flexibility index (Phi) is 4.77. The van der Waals surface area contributed by atoms with E-state index in [-0.39, 0.29) is 0 Å². The summed E-state index contributed by atoms with van der Waals surface area (Å²) in [6, 6.07) is 6.86. The van der Waals surface area contributed by atoms with Gasteiger partial charge in [0.25, 0.3) is 0 Å². The van der Waals surface area contributed by atoms with Crippen LogP contribution in [0.3, 0.4) is 0 Å². The third kappa shape index (κ3) is 2.99. The van der Waals surface area contributed by atoms with Crippen LogP contribution in [0.15, 0.2) is 47.2 Å². The van der Waals surface area contributed by atoms with Crippen LogP contribution in [-0.4, -0.2) is 51.3 Å². The van der Waals surface area contributed by atoms with E-state index in [0.29, 0.717) is 0 Å². The van der Waals surface area contributed by atoms with E-state index >= 15 is 0 Å². The molecule has 148 valence electrons. The minimum atomic E-state index is 0.824. The molecule has 0 spiro atoms. The van der Waals surface area contributed by atoms with Crippen LogP contribution in [0.4, 0.5) is 5.69 Å². The molecule has 0 amide bonds. The number of piperazine rings is 1. The summed E-state index contributed by atoms with van der Waals surface area (Å²) < 4.78 is 5.24. The molecule has 4 aliphatic rings. The number of nitrogens with one attached hydrogen (secondary N) is 1. The number of hydrogen-bond donors (Lipinski definition) is 1. The minimum Gasteiger partial charge on any atom is -0.383 e. The molecule has 4 heteroatoms. The number of benzene rings is 1. The lowest BCUT2D eigenvalue weighted by atomic mass is 9.83. The van der Waals surface area contributed by atoms with E-state index in [1.54, 1.807) is 18.3 Å². The third-order valence-corrected chi connectivity index (χ3v) is 6.87. The lowest BCUT2D eigenvalue weighted by Crippen LogP contribution is -2.47. The van der Waals surface area contributed by atoms with Gasteiger partial charge in [-0.2, -0.15) is 0 Å². The van der Waals surface area contributed by atoms with Gasteiger partial charge in [-0.1, -0.05) is 18.7 Å². The Hall–Kier alpha value is -2.04. The Morgan fingerprint density at radius 1 is 1.04 bits per heavy atom. The normalized spacial score (nSPS) is 22.2. The van der Waals surface area contributed by atoms with Crippen molar-refractivity contribution in [3.05, 3.63) is 58.3 Å². The van der Waals surface area contributed by atoms with Crippen LogP contribution >= 0.6 is 0 Å². The van der Waals surface area contributed by atoms with E-state index in [1.165, 1.54) is 53.8 Å². The zero-order valence-electron chi connectivity index (χ0n) is 17.0. The van der Waals surface area contributed by atoms with Gasteiger partial charge in [0.2, 0.25) is 0 Å². The topological polar surface area (TPSA) is 27.7 Å². The van der Waals surface area contributed by atoms with Gasteiger partial charge < -0.3 is 15.0 Å². The van der Waals surface area contributed by atoms with Gasteiger partial charge in [-0.25, -0.2) is 0 Å². The summed E-state index contributed by atoms with van der Waals surface area (Å²) in [5.41, 5.74) is 11.4. The fourth-order valence-electron chi connectivity index (χ4n) is 5.35. The SMILES string of the molecule is C=C1NC2=C(Cc3c2cccc3N2CCN(CCOC)CC2)C2=C1CCCC2. The number of rotatable bonds is 4. The molecule has 1 aromatic rings. The van der Waals surface area contributed by atoms with Crippen molar-refractivity contribution in [2.45, 2.75) is 32.1 Å². The molecule has 2 aliphatic carbocycles. The summed E-state index contributed by atoms with van der Waals surface area (Å²) in [4.78, 5) is 5.10. The first-order valence-electron chi connectivity index (χ1n) is 10.8. The van der Waals surface area contributed by atoms with Gasteiger partial charge in [-0.3, -0.25) is 4.90 Å². The maximum absolute atomic E-state index is 5.24. The molecule has 2 heterocycles. The highest BCUT2D eigenvalue weighted by Crippen LogP contribution is 2.47. The second-order valence-electron chi connectivity index (χ2n) is 8.42. The lowest BCUT2D eigenvalue weighted by Gasteiger charge is -2.37. The zero-order chi connectivity index (χ0) is 19.1. The first kappa shape index (κ1) is 18.0. The fourth-order valence-corrected chi connectivity index (χ4v) is 5.35. The maximum Gasteiger partial charge on any atom is 0.0589 e. The van der Waals surface area contributed by atoms with Crippen LogP contribution in [0, 0.1) is 0 Å². The Balaban J connectivity index is 1.40. The quantitative estimate of drug-likeness (QED) is 0.866. The summed E-state index contributed by atoms with van der Waals surface area (Å²) in [5.74, 6) is 0. The summed E-state index contributed by atoms with van der Waals surface area (Å²) in [5, 5.41) is 3.68. The number of nitrogens with zero attached hydrogens (tertiary/aromatic N) is 2. The zero-order valence-corrected chi connectivity index (χ0v) is 17.0. The van der Waals surface area contributed by atoms with Gasteiger partial charge in [0.1, 0.15) is 0 Å². The van der Waals surface area contributed by atoms with Crippen LogP contribution in [0.2, 0.25) is 0 Å². The van der Waals surface area contributed by atoms with E-state index in [0.717, 1.165) is 51.4 Å². The summed E-state index contributed by atoms with van der Waals surface area (Å²) >= 11 is 0. The van der Waals surface area contributed by atoms with Gasteiger partial charge in [-0.05, 0) is 54.0 Å². The predicted molar refractivity (Wildman–Crippen MR) is 115 cm³/mol. The Morgan fingerprint density at radius 3 is 2.61 bits per heavy atom. The molecule has 0 unspecified atom stereocenters. The minimum absolute atomic E-state index is 0.824. The number of methoxy groups -OCH3 is 1. The fraction of sp³-hybridized carbons (Fsp3) is 0.500. The molecule has 2 aliphatic heterocycles. The van der Waals surface area contributed by atoms with Gasteiger partial charge in [0, 0.05) is 68.9 Å². The number of fused-ring (bicyclic) bond motifs is 3. The monoisotopic (exact) mass is 377 g/mol. The number of ether oxygens (including phenoxy) is 1. The van der Waals surface area contributed by atoms with E-state index in [9.17, 15) is 0 Å². The van der Waals surface area contributed by atoms with Crippen LogP contribution in [0.5, 0.6) is 0 Å². The van der Waals surface area contributed by atoms with Gasteiger partial charge >= 0.3 is 0 Å². The molecule has 0 radical (unpaired) electrons. The van der Waals surface area contributed by atoms with Crippen LogP contribution < -0.4 is 10.2 Å². The number of dihydropyridines is 1. The largest absolute Gasteiger partial charge is 0.383 e. The molecule has 0 atom stereocenters. The highest BCUT2D eigenvalue weighted by Gasteiger charge is 2.33. The van der Waals surface area contributed by atoms with Crippen LogP contribution in [0.1, 0.15) is 36.8 Å². The highest BCUT2D eigenvalue weighted by atomic mass is 16.5. The van der Waals surface area contributed by atoms with Gasteiger partial charge in [0.05, 0.1) is 6.61 Å². The predicted octanol–water partition coefficient (Wildman–Crippen LogP) is 3.71. The van der Waals surface area contributed by atoms with Gasteiger partial charge in [-0.15, -0.1) is 0 Å². The van der Waals surface area contributed by atoms with Crippen molar-refractivity contribution >= 4 is 11.4 Å². The molecule has 1 saturated heterocycles. The molecule has 1 N–H and O–H groups in total. The molecular weight excluding hydrogens is 346 g/mol. The van der Waals surface area contributed by atoms with Crippen molar-refractivity contribution in [3.8, 4) is 0 Å². The van der Waals surface area contributed by atoms with E-state index in [1.807, 2.05) is 0 Å². The molecular formula is C24H31N3O. The smallest absolute Gasteiger partial charge is 0.0589 e. The molecule has 1 fully saturated rings. The van der Waals surface area contributed by atoms with Crippen molar-refractivity contribution in [2.24, 2.45) is 0 Å². The van der Waals surface area contributed by atoms with E-state index in [2.05, 4.69) is 39.9 Å². The van der Waals surface area contributed by atoms with Crippen molar-refractivity contribution < 1.29 is 4.74 Å². The molecule has 5 rings (SSSR count). The summed E-state index contributed by atoms with van der Waals surface area (Å²) in [7, 11) is 1.79.